The summed E-state index contributed by atoms with van der Waals surface area (Å²) >= 11 is 1.30. The van der Waals surface area contributed by atoms with Gasteiger partial charge in [0.15, 0.2) is 5.82 Å². The van der Waals surface area contributed by atoms with Crippen molar-refractivity contribution in [1.82, 2.24) is 14.3 Å². The fourth-order valence-corrected chi connectivity index (χ4v) is 4.25. The maximum Gasteiger partial charge on any atom is 0.573 e. The van der Waals surface area contributed by atoms with Gasteiger partial charge in [0.2, 0.25) is 5.13 Å². The van der Waals surface area contributed by atoms with Crippen molar-refractivity contribution in [3.63, 3.8) is 0 Å². The molecule has 0 amide bonds. The van der Waals surface area contributed by atoms with Crippen LogP contribution in [0.1, 0.15) is 5.56 Å². The van der Waals surface area contributed by atoms with E-state index in [1.807, 2.05) is 12.1 Å². The molecule has 32 heavy (non-hydrogen) atoms. The van der Waals surface area contributed by atoms with Crippen LogP contribution < -0.4 is 14.4 Å². The zero-order chi connectivity index (χ0) is 22.6. The summed E-state index contributed by atoms with van der Waals surface area (Å²) in [4.78, 5) is 9.22. The first-order valence-corrected chi connectivity index (χ1v) is 11.0. The number of hydrogen-bond acceptors (Lipinski definition) is 7. The number of piperazine rings is 1. The molecule has 0 saturated carbocycles. The van der Waals surface area contributed by atoms with Crippen LogP contribution in [-0.2, 0) is 6.42 Å². The molecular formula is C22H23F3N4O2S. The molecule has 1 aromatic heterocycles. The van der Waals surface area contributed by atoms with Gasteiger partial charge in [-0.2, -0.15) is 9.36 Å². The summed E-state index contributed by atoms with van der Waals surface area (Å²) in [6, 6.07) is 13.8. The minimum atomic E-state index is -4.70. The molecule has 0 unspecified atom stereocenters. The maximum atomic E-state index is 12.3. The zero-order valence-electron chi connectivity index (χ0n) is 17.5. The molecule has 0 N–H and O–H groups in total. The number of rotatable bonds is 7. The highest BCUT2D eigenvalue weighted by molar-refractivity contribution is 7.09. The molecule has 1 saturated heterocycles. The predicted octanol–water partition coefficient (Wildman–Crippen LogP) is 4.48. The number of ether oxygens (including phenoxy) is 2. The number of aromatic nitrogens is 2. The fourth-order valence-electron chi connectivity index (χ4n) is 3.51. The van der Waals surface area contributed by atoms with Gasteiger partial charge in [0.1, 0.15) is 11.5 Å². The average molecular weight is 465 g/mol. The first-order chi connectivity index (χ1) is 15.4. The van der Waals surface area contributed by atoms with Crippen LogP contribution in [0.25, 0.3) is 11.4 Å². The normalized spacial score (nSPS) is 15.1. The van der Waals surface area contributed by atoms with Crippen molar-refractivity contribution in [2.75, 3.05) is 44.7 Å². The van der Waals surface area contributed by atoms with E-state index in [-0.39, 0.29) is 5.75 Å². The van der Waals surface area contributed by atoms with Gasteiger partial charge in [0.25, 0.3) is 0 Å². The van der Waals surface area contributed by atoms with E-state index in [9.17, 15) is 13.2 Å². The van der Waals surface area contributed by atoms with E-state index < -0.39 is 6.36 Å². The van der Waals surface area contributed by atoms with E-state index in [1.54, 1.807) is 7.11 Å². The Balaban J connectivity index is 1.28. The molecule has 0 radical (unpaired) electrons. The van der Waals surface area contributed by atoms with Gasteiger partial charge in [0, 0.05) is 49.8 Å². The van der Waals surface area contributed by atoms with Crippen LogP contribution in [0.2, 0.25) is 0 Å². The summed E-state index contributed by atoms with van der Waals surface area (Å²) in [7, 11) is 1.67. The molecule has 0 atom stereocenters. The van der Waals surface area contributed by atoms with Crippen molar-refractivity contribution in [2.45, 2.75) is 12.8 Å². The second-order valence-electron chi connectivity index (χ2n) is 7.40. The Morgan fingerprint density at radius 3 is 2.22 bits per heavy atom. The molecule has 170 valence electrons. The molecular weight excluding hydrogens is 441 g/mol. The second kappa shape index (κ2) is 9.74. The molecule has 1 aliphatic rings. The third kappa shape index (κ3) is 5.89. The Kier molecular flexibility index (Phi) is 6.80. The van der Waals surface area contributed by atoms with Gasteiger partial charge in [0.05, 0.1) is 7.11 Å². The third-order valence-electron chi connectivity index (χ3n) is 5.28. The summed E-state index contributed by atoms with van der Waals surface area (Å²) in [6.07, 6.45) is -3.72. The number of nitrogens with zero attached hydrogens (tertiary/aromatic N) is 4. The summed E-state index contributed by atoms with van der Waals surface area (Å²) in [5.41, 5.74) is 1.94. The lowest BCUT2D eigenvalue weighted by Crippen LogP contribution is -2.47. The van der Waals surface area contributed by atoms with Crippen LogP contribution in [0.3, 0.4) is 0 Å². The minimum absolute atomic E-state index is 0.262. The number of anilines is 1. The predicted molar refractivity (Wildman–Crippen MR) is 117 cm³/mol. The summed E-state index contributed by atoms with van der Waals surface area (Å²) < 4.78 is 50.4. The van der Waals surface area contributed by atoms with Gasteiger partial charge in [-0.1, -0.05) is 12.1 Å². The van der Waals surface area contributed by atoms with Crippen molar-refractivity contribution < 1.29 is 22.6 Å². The SMILES string of the molecule is COc1ccc(CCN2CCN(c3nc(-c4ccc(OC(F)(F)F)cc4)ns3)CC2)cc1. The first kappa shape index (κ1) is 22.3. The van der Waals surface area contributed by atoms with Crippen LogP contribution >= 0.6 is 11.5 Å². The number of methoxy groups -OCH3 is 1. The lowest BCUT2D eigenvalue weighted by molar-refractivity contribution is -0.274. The van der Waals surface area contributed by atoms with Crippen molar-refractivity contribution in [3.05, 3.63) is 54.1 Å². The topological polar surface area (TPSA) is 50.7 Å². The van der Waals surface area contributed by atoms with Gasteiger partial charge in [-0.25, -0.2) is 0 Å². The quantitative estimate of drug-likeness (QED) is 0.514. The Bertz CT molecular complexity index is 1000. The van der Waals surface area contributed by atoms with E-state index in [4.69, 9.17) is 4.74 Å². The van der Waals surface area contributed by atoms with Gasteiger partial charge in [-0.15, -0.1) is 13.2 Å². The fraction of sp³-hybridized carbons (Fsp3) is 0.364. The highest BCUT2D eigenvalue weighted by atomic mass is 32.1. The lowest BCUT2D eigenvalue weighted by atomic mass is 10.1. The molecule has 2 aromatic carbocycles. The number of hydrogen-bond donors (Lipinski definition) is 0. The highest BCUT2D eigenvalue weighted by Crippen LogP contribution is 2.28. The Morgan fingerprint density at radius 1 is 0.938 bits per heavy atom. The zero-order valence-corrected chi connectivity index (χ0v) is 18.3. The van der Waals surface area contributed by atoms with Crippen LogP contribution in [0.5, 0.6) is 11.5 Å². The number of alkyl halides is 3. The summed E-state index contributed by atoms with van der Waals surface area (Å²) in [5.74, 6) is 1.11. The van der Waals surface area contributed by atoms with Gasteiger partial charge in [-0.05, 0) is 48.4 Å². The van der Waals surface area contributed by atoms with Gasteiger partial charge < -0.3 is 14.4 Å². The Hall–Kier alpha value is -2.85. The number of benzene rings is 2. The molecule has 10 heteroatoms. The van der Waals surface area contributed by atoms with Gasteiger partial charge >= 0.3 is 6.36 Å². The van der Waals surface area contributed by atoms with Crippen LogP contribution in [0.4, 0.5) is 18.3 Å². The highest BCUT2D eigenvalue weighted by Gasteiger charge is 2.31. The third-order valence-corrected chi connectivity index (χ3v) is 6.06. The van der Waals surface area contributed by atoms with E-state index >= 15 is 0 Å². The van der Waals surface area contributed by atoms with E-state index in [0.29, 0.717) is 11.4 Å². The van der Waals surface area contributed by atoms with Crippen LogP contribution in [0.15, 0.2) is 48.5 Å². The van der Waals surface area contributed by atoms with E-state index in [2.05, 4.69) is 36.0 Å². The molecule has 4 rings (SSSR count). The van der Waals surface area contributed by atoms with Crippen molar-refractivity contribution in [3.8, 4) is 22.9 Å². The van der Waals surface area contributed by atoms with E-state index in [1.165, 1.54) is 41.4 Å². The Morgan fingerprint density at radius 2 is 1.59 bits per heavy atom. The van der Waals surface area contributed by atoms with Crippen molar-refractivity contribution >= 4 is 16.7 Å². The minimum Gasteiger partial charge on any atom is -0.497 e. The monoisotopic (exact) mass is 464 g/mol. The van der Waals surface area contributed by atoms with Crippen molar-refractivity contribution in [1.29, 1.82) is 0 Å². The molecule has 0 aliphatic carbocycles. The van der Waals surface area contributed by atoms with Crippen LogP contribution in [-0.4, -0.2) is 60.5 Å². The number of halogens is 3. The average Bonchev–Trinajstić information content (AvgIpc) is 3.28. The second-order valence-corrected chi connectivity index (χ2v) is 8.13. The molecule has 6 nitrogen and oxygen atoms in total. The standard InChI is InChI=1S/C22H23F3N4O2S/c1-30-18-6-2-16(3-7-18)10-11-28-12-14-29(15-13-28)21-26-20(27-32-21)17-4-8-19(9-5-17)31-22(23,24)25/h2-9H,10-15H2,1H3. The first-order valence-electron chi connectivity index (χ1n) is 10.2. The Labute approximate surface area is 188 Å². The maximum absolute atomic E-state index is 12.3. The lowest BCUT2D eigenvalue weighted by Gasteiger charge is -2.34. The summed E-state index contributed by atoms with van der Waals surface area (Å²) in [6.45, 7) is 4.59. The molecule has 0 spiro atoms. The van der Waals surface area contributed by atoms with Crippen LogP contribution in [0, 0.1) is 0 Å². The molecule has 0 bridgehead atoms. The molecule has 3 aromatic rings. The van der Waals surface area contributed by atoms with E-state index in [0.717, 1.165) is 50.0 Å². The van der Waals surface area contributed by atoms with Gasteiger partial charge in [-0.3, -0.25) is 4.90 Å². The molecule has 1 fully saturated rings. The summed E-state index contributed by atoms with van der Waals surface area (Å²) in [5, 5.41) is 0.824. The molecule has 2 heterocycles. The molecule has 1 aliphatic heterocycles. The largest absolute Gasteiger partial charge is 0.573 e. The van der Waals surface area contributed by atoms with Crippen molar-refractivity contribution in [2.24, 2.45) is 0 Å². The smallest absolute Gasteiger partial charge is 0.497 e.